The molecule has 5 nitrogen and oxygen atoms in total. The van der Waals surface area contributed by atoms with Gasteiger partial charge in [0.05, 0.1) is 13.3 Å². The number of hydrogen-bond acceptors (Lipinski definition) is 5. The standard InChI is InChI=1S/C10H10N4OS/c1-15-8-4-2-3-7(5-8)12-9-6-11-14-10(16)13-9/h2-6H,1H3,(H2,12,13,14,16). The summed E-state index contributed by atoms with van der Waals surface area (Å²) in [4.78, 5) is 4.07. The van der Waals surface area contributed by atoms with Crippen molar-refractivity contribution in [2.24, 2.45) is 0 Å². The molecule has 0 aliphatic heterocycles. The predicted molar refractivity (Wildman–Crippen MR) is 63.5 cm³/mol. The third-order valence-corrected chi connectivity index (χ3v) is 2.09. The van der Waals surface area contributed by atoms with E-state index in [9.17, 15) is 0 Å². The summed E-state index contributed by atoms with van der Waals surface area (Å²) in [5.41, 5.74) is 0.870. The molecule has 0 aliphatic rings. The molecular formula is C10H10N4OS. The predicted octanol–water partition coefficient (Wildman–Crippen LogP) is 2.29. The first kappa shape index (κ1) is 10.6. The third-order valence-electron chi connectivity index (χ3n) is 1.91. The fourth-order valence-corrected chi connectivity index (χ4v) is 1.37. The molecule has 0 bridgehead atoms. The van der Waals surface area contributed by atoms with Gasteiger partial charge in [-0.1, -0.05) is 6.07 Å². The van der Waals surface area contributed by atoms with Crippen molar-refractivity contribution < 1.29 is 4.74 Å². The molecule has 2 aromatic rings. The van der Waals surface area contributed by atoms with Gasteiger partial charge >= 0.3 is 0 Å². The van der Waals surface area contributed by atoms with Crippen LogP contribution in [-0.4, -0.2) is 22.3 Å². The van der Waals surface area contributed by atoms with Crippen LogP contribution in [0.2, 0.25) is 0 Å². The molecule has 1 heterocycles. The maximum atomic E-state index is 5.11. The number of nitrogens with one attached hydrogen (secondary N) is 2. The van der Waals surface area contributed by atoms with Gasteiger partial charge in [-0.05, 0) is 24.4 Å². The van der Waals surface area contributed by atoms with E-state index in [0.717, 1.165) is 11.4 Å². The van der Waals surface area contributed by atoms with E-state index in [1.54, 1.807) is 13.3 Å². The second kappa shape index (κ2) is 4.71. The third kappa shape index (κ3) is 2.54. The Balaban J connectivity index is 2.23. The SMILES string of the molecule is COc1cccc(Nc2cn[nH]c(=S)n2)c1. The van der Waals surface area contributed by atoms with Crippen LogP contribution in [0.25, 0.3) is 0 Å². The van der Waals surface area contributed by atoms with Crippen LogP contribution in [0.4, 0.5) is 11.5 Å². The van der Waals surface area contributed by atoms with E-state index in [-0.39, 0.29) is 0 Å². The Hall–Kier alpha value is -1.95. The first-order valence-electron chi connectivity index (χ1n) is 4.61. The molecule has 0 saturated carbocycles. The van der Waals surface area contributed by atoms with Gasteiger partial charge in [0.25, 0.3) is 0 Å². The highest BCUT2D eigenvalue weighted by atomic mass is 32.1. The Kier molecular flexibility index (Phi) is 3.11. The summed E-state index contributed by atoms with van der Waals surface area (Å²) in [5.74, 6) is 1.37. The summed E-state index contributed by atoms with van der Waals surface area (Å²) >= 11 is 4.87. The molecule has 0 fully saturated rings. The Morgan fingerprint density at radius 2 is 2.31 bits per heavy atom. The van der Waals surface area contributed by atoms with E-state index >= 15 is 0 Å². The topological polar surface area (TPSA) is 62.8 Å². The lowest BCUT2D eigenvalue weighted by molar-refractivity contribution is 0.415. The van der Waals surface area contributed by atoms with Crippen molar-refractivity contribution in [1.29, 1.82) is 0 Å². The van der Waals surface area contributed by atoms with Crippen LogP contribution in [0, 0.1) is 4.77 Å². The molecule has 16 heavy (non-hydrogen) atoms. The van der Waals surface area contributed by atoms with Crippen LogP contribution in [0.1, 0.15) is 0 Å². The van der Waals surface area contributed by atoms with E-state index in [1.165, 1.54) is 0 Å². The second-order valence-electron chi connectivity index (χ2n) is 3.03. The minimum Gasteiger partial charge on any atom is -0.497 e. The van der Waals surface area contributed by atoms with Gasteiger partial charge in [-0.15, -0.1) is 0 Å². The van der Waals surface area contributed by atoms with Crippen LogP contribution >= 0.6 is 12.2 Å². The lowest BCUT2D eigenvalue weighted by Gasteiger charge is -2.06. The average molecular weight is 234 g/mol. The van der Waals surface area contributed by atoms with E-state index in [2.05, 4.69) is 20.5 Å². The maximum absolute atomic E-state index is 5.11. The number of rotatable bonds is 3. The first-order chi connectivity index (χ1) is 7.78. The van der Waals surface area contributed by atoms with Gasteiger partial charge in [0.2, 0.25) is 4.77 Å². The fourth-order valence-electron chi connectivity index (χ4n) is 1.22. The molecule has 0 amide bonds. The van der Waals surface area contributed by atoms with Gasteiger partial charge in [-0.25, -0.2) is 0 Å². The van der Waals surface area contributed by atoms with Crippen molar-refractivity contribution in [2.75, 3.05) is 12.4 Å². The van der Waals surface area contributed by atoms with Gasteiger partial charge in [-0.2, -0.15) is 10.1 Å². The number of H-pyrrole nitrogens is 1. The summed E-state index contributed by atoms with van der Waals surface area (Å²) < 4.78 is 5.45. The monoisotopic (exact) mass is 234 g/mol. The van der Waals surface area contributed by atoms with Crippen molar-refractivity contribution in [2.45, 2.75) is 0 Å². The number of anilines is 2. The average Bonchev–Trinajstić information content (AvgIpc) is 2.29. The zero-order valence-corrected chi connectivity index (χ0v) is 9.41. The van der Waals surface area contributed by atoms with Crippen LogP contribution in [0.5, 0.6) is 5.75 Å². The molecule has 1 aromatic heterocycles. The molecule has 0 saturated heterocycles. The highest BCUT2D eigenvalue weighted by Gasteiger charge is 1.97. The normalized spacial score (nSPS) is 9.81. The van der Waals surface area contributed by atoms with Crippen LogP contribution < -0.4 is 10.1 Å². The number of nitrogens with zero attached hydrogens (tertiary/aromatic N) is 2. The zero-order valence-electron chi connectivity index (χ0n) is 8.60. The molecule has 2 rings (SSSR count). The molecule has 0 atom stereocenters. The number of aromatic nitrogens is 3. The molecule has 2 N–H and O–H groups in total. The molecule has 0 spiro atoms. The van der Waals surface area contributed by atoms with Crippen molar-refractivity contribution >= 4 is 23.7 Å². The number of benzene rings is 1. The molecule has 0 radical (unpaired) electrons. The first-order valence-corrected chi connectivity index (χ1v) is 5.01. The molecule has 82 valence electrons. The summed E-state index contributed by atoms with van der Waals surface area (Å²) in [6, 6.07) is 7.53. The van der Waals surface area contributed by atoms with Gasteiger partial charge in [-0.3, -0.25) is 5.10 Å². The summed E-state index contributed by atoms with van der Waals surface area (Å²) in [6.07, 6.45) is 1.56. The summed E-state index contributed by atoms with van der Waals surface area (Å²) in [6.45, 7) is 0. The van der Waals surface area contributed by atoms with Gasteiger partial charge in [0.1, 0.15) is 5.75 Å². The highest BCUT2D eigenvalue weighted by Crippen LogP contribution is 2.19. The molecule has 0 aliphatic carbocycles. The Morgan fingerprint density at radius 1 is 1.44 bits per heavy atom. The van der Waals surface area contributed by atoms with Crippen molar-refractivity contribution in [3.8, 4) is 5.75 Å². The fraction of sp³-hybridized carbons (Fsp3) is 0.100. The van der Waals surface area contributed by atoms with Crippen molar-refractivity contribution in [3.63, 3.8) is 0 Å². The number of aromatic amines is 1. The minimum absolute atomic E-state index is 0.341. The van der Waals surface area contributed by atoms with Crippen molar-refractivity contribution in [3.05, 3.63) is 35.2 Å². The van der Waals surface area contributed by atoms with E-state index in [0.29, 0.717) is 10.6 Å². The lowest BCUT2D eigenvalue weighted by atomic mass is 10.3. The summed E-state index contributed by atoms with van der Waals surface area (Å²) in [7, 11) is 1.62. The Bertz CT molecular complexity index is 540. The van der Waals surface area contributed by atoms with E-state index in [4.69, 9.17) is 17.0 Å². The largest absolute Gasteiger partial charge is 0.497 e. The highest BCUT2D eigenvalue weighted by molar-refractivity contribution is 7.71. The number of ether oxygens (including phenoxy) is 1. The second-order valence-corrected chi connectivity index (χ2v) is 3.42. The Labute approximate surface area is 97.5 Å². The van der Waals surface area contributed by atoms with E-state index in [1.807, 2.05) is 24.3 Å². The molecule has 1 aromatic carbocycles. The van der Waals surface area contributed by atoms with E-state index < -0.39 is 0 Å². The quantitative estimate of drug-likeness (QED) is 0.798. The molecule has 6 heteroatoms. The smallest absolute Gasteiger partial charge is 0.215 e. The minimum atomic E-state index is 0.341. The lowest BCUT2D eigenvalue weighted by Crippen LogP contribution is -1.96. The molecular weight excluding hydrogens is 224 g/mol. The summed E-state index contributed by atoms with van der Waals surface area (Å²) in [5, 5.41) is 9.49. The van der Waals surface area contributed by atoms with Gasteiger partial charge < -0.3 is 10.1 Å². The van der Waals surface area contributed by atoms with Crippen LogP contribution in [0.3, 0.4) is 0 Å². The van der Waals surface area contributed by atoms with Crippen LogP contribution in [0.15, 0.2) is 30.5 Å². The maximum Gasteiger partial charge on any atom is 0.215 e. The van der Waals surface area contributed by atoms with Gasteiger partial charge in [0, 0.05) is 11.8 Å². The zero-order chi connectivity index (χ0) is 11.4. The number of hydrogen-bond donors (Lipinski definition) is 2. The number of methoxy groups -OCH3 is 1. The Morgan fingerprint density at radius 3 is 3.06 bits per heavy atom. The van der Waals surface area contributed by atoms with Gasteiger partial charge in [0.15, 0.2) is 5.82 Å². The molecule has 0 unspecified atom stereocenters. The van der Waals surface area contributed by atoms with Crippen molar-refractivity contribution in [1.82, 2.24) is 15.2 Å². The van der Waals surface area contributed by atoms with Crippen LogP contribution in [-0.2, 0) is 0 Å².